The van der Waals surface area contributed by atoms with Gasteiger partial charge in [0.25, 0.3) is 5.91 Å². The van der Waals surface area contributed by atoms with Gasteiger partial charge in [-0.05, 0) is 39.2 Å². The molecule has 3 aliphatic heterocycles. The highest BCUT2D eigenvalue weighted by Crippen LogP contribution is 2.29. The molecule has 2 amide bonds. The van der Waals surface area contributed by atoms with Gasteiger partial charge in [-0.15, -0.1) is 0 Å². The van der Waals surface area contributed by atoms with E-state index in [1.807, 2.05) is 38.1 Å². The number of alkyl carbamates (subject to hydrolysis) is 1. The van der Waals surface area contributed by atoms with Gasteiger partial charge >= 0.3 is 13.2 Å². The van der Waals surface area contributed by atoms with E-state index in [-0.39, 0.29) is 30.4 Å². The lowest BCUT2D eigenvalue weighted by Crippen LogP contribution is -2.59. The number of benzene rings is 1. The second kappa shape index (κ2) is 14.1. The van der Waals surface area contributed by atoms with E-state index >= 15 is 0 Å². The fraction of sp³-hybridized carbons (Fsp3) is 0.581. The molecule has 1 aromatic carbocycles. The van der Waals surface area contributed by atoms with Crippen LogP contribution < -0.4 is 5.32 Å². The quantitative estimate of drug-likeness (QED) is 0.209. The topological polar surface area (TPSA) is 152 Å². The van der Waals surface area contributed by atoms with Gasteiger partial charge in [0.1, 0.15) is 24.0 Å². The zero-order chi connectivity index (χ0) is 31.3. The Kier molecular flexibility index (Phi) is 10.3. The highest BCUT2D eigenvalue weighted by atomic mass is 16.5. The molecule has 13 heteroatoms. The number of fused-ring (bicyclic) bond motifs is 1. The number of nitrogens with one attached hydrogen (secondary N) is 1. The van der Waals surface area contributed by atoms with E-state index < -0.39 is 24.8 Å². The Hall–Kier alpha value is -3.41. The number of nitrogens with zero attached hydrogens (tertiary/aromatic N) is 4. The van der Waals surface area contributed by atoms with Gasteiger partial charge in [0.2, 0.25) is 0 Å². The van der Waals surface area contributed by atoms with Crippen LogP contribution in [0.15, 0.2) is 46.6 Å². The van der Waals surface area contributed by atoms with E-state index in [2.05, 4.69) is 21.2 Å². The molecule has 1 unspecified atom stereocenters. The third-order valence-electron chi connectivity index (χ3n) is 9.00. The van der Waals surface area contributed by atoms with Crippen LogP contribution in [0.25, 0.3) is 10.8 Å². The molecular weight excluding hydrogens is 565 g/mol. The summed E-state index contributed by atoms with van der Waals surface area (Å²) in [5.74, 6) is 0.0351. The average Bonchev–Trinajstić information content (AvgIpc) is 3.42. The molecule has 4 heterocycles. The number of piperazine rings is 1. The normalized spacial score (nSPS) is 21.4. The fourth-order valence-corrected chi connectivity index (χ4v) is 6.36. The van der Waals surface area contributed by atoms with Gasteiger partial charge < -0.3 is 34.2 Å². The first-order chi connectivity index (χ1) is 21.2. The van der Waals surface area contributed by atoms with Crippen molar-refractivity contribution in [3.63, 3.8) is 0 Å². The zero-order valence-electron chi connectivity index (χ0n) is 25.5. The minimum Gasteiger partial charge on any atom is -0.466 e. The number of likely N-dealkylation sites (tertiary alicyclic amines) is 1. The van der Waals surface area contributed by atoms with E-state index in [1.165, 1.54) is 0 Å². The van der Waals surface area contributed by atoms with Crippen molar-refractivity contribution >= 4 is 29.9 Å². The summed E-state index contributed by atoms with van der Waals surface area (Å²) in [5.41, 5.74) is -0.407. The van der Waals surface area contributed by atoms with Crippen molar-refractivity contribution in [2.45, 2.75) is 63.1 Å². The smallest absolute Gasteiger partial charge is 0.454 e. The van der Waals surface area contributed by atoms with E-state index in [1.54, 1.807) is 17.2 Å². The van der Waals surface area contributed by atoms with Crippen molar-refractivity contribution < 1.29 is 33.5 Å². The summed E-state index contributed by atoms with van der Waals surface area (Å²) in [6.45, 7) is 9.55. The Morgan fingerprint density at radius 3 is 2.61 bits per heavy atom. The third kappa shape index (κ3) is 7.45. The van der Waals surface area contributed by atoms with Gasteiger partial charge in [-0.25, -0.2) is 4.79 Å². The van der Waals surface area contributed by atoms with Crippen LogP contribution in [0, 0.1) is 11.3 Å². The lowest BCUT2D eigenvalue weighted by Gasteiger charge is -2.46. The van der Waals surface area contributed by atoms with Crippen molar-refractivity contribution in [3.05, 3.63) is 47.9 Å². The number of hydrogen-bond acceptors (Lipinski definition) is 10. The molecule has 3 fully saturated rings. The van der Waals surface area contributed by atoms with Gasteiger partial charge in [0.05, 0.1) is 37.6 Å². The van der Waals surface area contributed by atoms with Crippen LogP contribution in [-0.4, -0.2) is 114 Å². The number of furan rings is 1. The first-order valence-corrected chi connectivity index (χ1v) is 15.4. The minimum absolute atomic E-state index is 0.0557. The van der Waals surface area contributed by atoms with Crippen molar-refractivity contribution in [2.75, 3.05) is 52.5 Å². The fourth-order valence-electron chi connectivity index (χ4n) is 6.36. The van der Waals surface area contributed by atoms with Crippen LogP contribution >= 0.6 is 0 Å². The monoisotopic (exact) mass is 607 g/mol. The third-order valence-corrected chi connectivity index (χ3v) is 9.00. The van der Waals surface area contributed by atoms with Gasteiger partial charge in [0, 0.05) is 55.4 Å². The van der Waals surface area contributed by atoms with Crippen LogP contribution in [0.2, 0.25) is 6.32 Å². The number of amides is 2. The van der Waals surface area contributed by atoms with Gasteiger partial charge in [-0.2, -0.15) is 5.26 Å². The molecule has 3 aliphatic rings. The SMILES string of the molecule is CC(C)(C=C(C#N)C(=O)N1CCCC[C@@H]1COC(=O)NC(CB(O)O)c1occ2ccccc12)N1CCN(C2COC2)CC1. The van der Waals surface area contributed by atoms with Crippen molar-refractivity contribution in [1.29, 1.82) is 5.26 Å². The molecule has 0 radical (unpaired) electrons. The molecule has 0 bridgehead atoms. The summed E-state index contributed by atoms with van der Waals surface area (Å²) in [5, 5.41) is 33.6. The lowest BCUT2D eigenvalue weighted by atomic mass is 9.80. The number of piperidine rings is 1. The van der Waals surface area contributed by atoms with Crippen LogP contribution in [-0.2, 0) is 14.3 Å². The van der Waals surface area contributed by atoms with E-state index in [0.717, 1.165) is 63.0 Å². The zero-order valence-corrected chi connectivity index (χ0v) is 25.5. The molecule has 5 rings (SSSR count). The second-order valence-corrected chi connectivity index (χ2v) is 12.4. The molecule has 236 valence electrons. The van der Waals surface area contributed by atoms with Crippen molar-refractivity contribution in [3.8, 4) is 6.07 Å². The summed E-state index contributed by atoms with van der Waals surface area (Å²) in [7, 11) is -1.68. The number of hydrogen-bond donors (Lipinski definition) is 3. The summed E-state index contributed by atoms with van der Waals surface area (Å²) in [6, 6.07) is 8.78. The maximum Gasteiger partial charge on any atom is 0.454 e. The first kappa shape index (κ1) is 32.0. The Morgan fingerprint density at radius 2 is 1.93 bits per heavy atom. The van der Waals surface area contributed by atoms with E-state index in [0.29, 0.717) is 24.8 Å². The number of ether oxygens (including phenoxy) is 2. The average molecular weight is 608 g/mol. The van der Waals surface area contributed by atoms with Crippen molar-refractivity contribution in [1.82, 2.24) is 20.0 Å². The van der Waals surface area contributed by atoms with Crippen molar-refractivity contribution in [2.24, 2.45) is 0 Å². The molecule has 44 heavy (non-hydrogen) atoms. The molecule has 0 spiro atoms. The van der Waals surface area contributed by atoms with Crippen LogP contribution in [0.5, 0.6) is 0 Å². The van der Waals surface area contributed by atoms with E-state index in [9.17, 15) is 24.9 Å². The largest absolute Gasteiger partial charge is 0.466 e. The standard InChI is InChI=1S/C31H42BN5O7/c1-31(2,36-13-11-35(12-14-36)25-19-42-20-25)15-23(17-33)29(38)37-10-6-5-8-24(37)21-44-30(39)34-27(16-32(40)41)28-26-9-4-3-7-22(26)18-43-28/h3-4,7,9,15,18,24-25,27,40-41H,5-6,8,10-14,16,19-21H2,1-2H3,(H,34,39)/t24-,27?/m1/s1. The van der Waals surface area contributed by atoms with Gasteiger partial charge in [-0.3, -0.25) is 14.6 Å². The molecular formula is C31H42BN5O7. The molecule has 0 saturated carbocycles. The highest BCUT2D eigenvalue weighted by Gasteiger charge is 2.36. The maximum absolute atomic E-state index is 13.7. The molecule has 2 aromatic rings. The summed E-state index contributed by atoms with van der Waals surface area (Å²) in [4.78, 5) is 33.0. The molecule has 1 aromatic heterocycles. The number of rotatable bonds is 10. The number of carbonyl (C=O) groups excluding carboxylic acids is 2. The predicted molar refractivity (Wildman–Crippen MR) is 163 cm³/mol. The summed E-state index contributed by atoms with van der Waals surface area (Å²) < 4.78 is 16.6. The summed E-state index contributed by atoms with van der Waals surface area (Å²) >= 11 is 0. The van der Waals surface area contributed by atoms with Gasteiger partial charge in [0.15, 0.2) is 0 Å². The van der Waals surface area contributed by atoms with Crippen LogP contribution in [0.1, 0.15) is 44.9 Å². The Morgan fingerprint density at radius 1 is 1.18 bits per heavy atom. The minimum atomic E-state index is -1.68. The molecule has 0 aliphatic carbocycles. The molecule has 3 saturated heterocycles. The molecule has 3 N–H and O–H groups in total. The van der Waals surface area contributed by atoms with Gasteiger partial charge in [-0.1, -0.05) is 24.3 Å². The van der Waals surface area contributed by atoms with Crippen LogP contribution in [0.3, 0.4) is 0 Å². The maximum atomic E-state index is 13.7. The molecule has 12 nitrogen and oxygen atoms in total. The predicted octanol–water partition coefficient (Wildman–Crippen LogP) is 2.30. The first-order valence-electron chi connectivity index (χ1n) is 15.4. The highest BCUT2D eigenvalue weighted by molar-refractivity contribution is 6.41. The molecule has 2 atom stereocenters. The second-order valence-electron chi connectivity index (χ2n) is 12.4. The number of carbonyl (C=O) groups is 2. The Labute approximate surface area is 258 Å². The number of nitriles is 1. The summed E-state index contributed by atoms with van der Waals surface area (Å²) in [6.07, 6.45) is 4.66. The van der Waals surface area contributed by atoms with Crippen LogP contribution in [0.4, 0.5) is 4.79 Å². The Balaban J connectivity index is 1.20. The lowest BCUT2D eigenvalue weighted by molar-refractivity contribution is -0.131. The Bertz CT molecular complexity index is 1380. The van der Waals surface area contributed by atoms with E-state index in [4.69, 9.17) is 13.9 Å².